The lowest BCUT2D eigenvalue weighted by Crippen LogP contribution is -2.28. The molecule has 0 heterocycles. The molecule has 0 saturated heterocycles. The van der Waals surface area contributed by atoms with Crippen LogP contribution in [0.25, 0.3) is 0 Å². The molecule has 0 radical (unpaired) electrons. The number of para-hydroxylation sites is 2. The van der Waals surface area contributed by atoms with Crippen LogP contribution in [0.1, 0.15) is 36.8 Å². The molecule has 0 spiro atoms. The molecule has 0 atom stereocenters. The van der Waals surface area contributed by atoms with Crippen molar-refractivity contribution in [2.75, 3.05) is 44.5 Å². The van der Waals surface area contributed by atoms with Crippen LogP contribution in [-0.4, -0.2) is 45.7 Å². The predicted molar refractivity (Wildman–Crippen MR) is 154 cm³/mol. The molecule has 0 fully saturated rings. The third kappa shape index (κ3) is 10.6. The van der Waals surface area contributed by atoms with Gasteiger partial charge in [-0.2, -0.15) is 0 Å². The van der Waals surface area contributed by atoms with Crippen LogP contribution in [0, 0.1) is 5.82 Å². The van der Waals surface area contributed by atoms with Gasteiger partial charge in [-0.15, -0.1) is 0 Å². The highest BCUT2D eigenvalue weighted by Crippen LogP contribution is 2.28. The molecule has 0 aromatic heterocycles. The first kappa shape index (κ1) is 30.4. The van der Waals surface area contributed by atoms with E-state index in [2.05, 4.69) is 16.0 Å². The predicted octanol–water partition coefficient (Wildman–Crippen LogP) is 5.33. The number of halogens is 1. The summed E-state index contributed by atoms with van der Waals surface area (Å²) in [5, 5.41) is 9.21. The zero-order chi connectivity index (χ0) is 28.6. The fraction of sp³-hybridized carbons (Fsp3) is 0.355. The van der Waals surface area contributed by atoms with E-state index in [0.717, 1.165) is 48.2 Å². The molecular formula is C31H38FN3O5. The Balaban J connectivity index is 1.29. The van der Waals surface area contributed by atoms with Crippen molar-refractivity contribution in [3.63, 3.8) is 0 Å². The molecule has 0 aliphatic carbocycles. The molecule has 214 valence electrons. The maximum absolute atomic E-state index is 12.9. The Morgan fingerprint density at radius 1 is 0.775 bits per heavy atom. The van der Waals surface area contributed by atoms with Crippen molar-refractivity contribution in [3.05, 3.63) is 83.7 Å². The van der Waals surface area contributed by atoms with Crippen LogP contribution in [0.4, 0.5) is 15.8 Å². The Bertz CT molecular complexity index is 1220. The summed E-state index contributed by atoms with van der Waals surface area (Å²) in [6.45, 7) is 1.40. The lowest BCUT2D eigenvalue weighted by molar-refractivity contribution is -0.126. The van der Waals surface area contributed by atoms with E-state index in [4.69, 9.17) is 14.2 Å². The summed E-state index contributed by atoms with van der Waals surface area (Å²) >= 11 is 0. The van der Waals surface area contributed by atoms with Gasteiger partial charge in [-0.3, -0.25) is 9.59 Å². The van der Waals surface area contributed by atoms with Gasteiger partial charge < -0.3 is 30.2 Å². The standard InChI is InChI=1S/C31H38FN3O5/c1-38-28-16-13-23(20-29(28)39-2)17-19-33-26-8-5-6-9-27(26)35-30(36)10-4-3-7-18-34-31(37)22-40-21-24-11-14-25(32)15-12-24/h5-6,8-9,11-16,20,33H,3-4,7,10,17-19,21-22H2,1-2H3,(H,34,37)(H,35,36). The molecule has 0 bridgehead atoms. The Kier molecular flexibility index (Phi) is 12.8. The first-order valence-electron chi connectivity index (χ1n) is 13.4. The normalized spacial score (nSPS) is 10.6. The molecule has 3 rings (SSSR count). The fourth-order valence-corrected chi connectivity index (χ4v) is 4.05. The van der Waals surface area contributed by atoms with Crippen LogP contribution in [0.5, 0.6) is 11.5 Å². The Hall–Kier alpha value is -4.11. The molecule has 3 N–H and O–H groups in total. The zero-order valence-corrected chi connectivity index (χ0v) is 23.1. The summed E-state index contributed by atoms with van der Waals surface area (Å²) in [5.74, 6) is 0.839. The SMILES string of the molecule is COc1ccc(CCNc2ccccc2NC(=O)CCCCCNC(=O)COCc2ccc(F)cc2)cc1OC. The summed E-state index contributed by atoms with van der Waals surface area (Å²) in [4.78, 5) is 24.4. The second-order valence-electron chi connectivity index (χ2n) is 9.24. The van der Waals surface area contributed by atoms with E-state index in [1.807, 2.05) is 42.5 Å². The van der Waals surface area contributed by atoms with E-state index in [1.165, 1.54) is 12.1 Å². The summed E-state index contributed by atoms with van der Waals surface area (Å²) in [7, 11) is 3.23. The minimum absolute atomic E-state index is 0.0487. The molecule has 40 heavy (non-hydrogen) atoms. The summed E-state index contributed by atoms with van der Waals surface area (Å²) in [6, 6.07) is 19.5. The maximum Gasteiger partial charge on any atom is 0.246 e. The van der Waals surface area contributed by atoms with Crippen molar-refractivity contribution in [3.8, 4) is 11.5 Å². The van der Waals surface area contributed by atoms with Crippen LogP contribution in [-0.2, 0) is 27.4 Å². The van der Waals surface area contributed by atoms with Gasteiger partial charge in [0.25, 0.3) is 0 Å². The van der Waals surface area contributed by atoms with Crippen molar-refractivity contribution in [2.24, 2.45) is 0 Å². The van der Waals surface area contributed by atoms with Gasteiger partial charge in [0.2, 0.25) is 11.8 Å². The Labute approximate surface area is 235 Å². The molecule has 0 saturated carbocycles. The van der Waals surface area contributed by atoms with Gasteiger partial charge in [0.1, 0.15) is 12.4 Å². The maximum atomic E-state index is 12.9. The van der Waals surface area contributed by atoms with E-state index in [1.54, 1.807) is 26.4 Å². The van der Waals surface area contributed by atoms with Gasteiger partial charge in [0.15, 0.2) is 11.5 Å². The summed E-state index contributed by atoms with van der Waals surface area (Å²) < 4.78 is 28.9. The van der Waals surface area contributed by atoms with Crippen molar-refractivity contribution < 1.29 is 28.2 Å². The van der Waals surface area contributed by atoms with Crippen LogP contribution >= 0.6 is 0 Å². The number of benzene rings is 3. The second kappa shape index (κ2) is 16.8. The number of carbonyl (C=O) groups is 2. The van der Waals surface area contributed by atoms with Crippen molar-refractivity contribution in [1.82, 2.24) is 5.32 Å². The van der Waals surface area contributed by atoms with E-state index < -0.39 is 0 Å². The molecule has 3 aromatic carbocycles. The lowest BCUT2D eigenvalue weighted by Gasteiger charge is -2.14. The van der Waals surface area contributed by atoms with Gasteiger partial charge in [-0.25, -0.2) is 4.39 Å². The Morgan fingerprint density at radius 3 is 2.25 bits per heavy atom. The third-order valence-electron chi connectivity index (χ3n) is 6.20. The summed E-state index contributed by atoms with van der Waals surface area (Å²) in [6.07, 6.45) is 3.48. The second-order valence-corrected chi connectivity index (χ2v) is 9.24. The number of ether oxygens (including phenoxy) is 3. The molecule has 3 aromatic rings. The monoisotopic (exact) mass is 551 g/mol. The smallest absolute Gasteiger partial charge is 0.246 e. The molecule has 8 nitrogen and oxygen atoms in total. The highest BCUT2D eigenvalue weighted by atomic mass is 19.1. The largest absolute Gasteiger partial charge is 0.493 e. The van der Waals surface area contributed by atoms with Crippen LogP contribution in [0.15, 0.2) is 66.7 Å². The average Bonchev–Trinajstić information content (AvgIpc) is 2.96. The van der Waals surface area contributed by atoms with Crippen molar-refractivity contribution in [2.45, 2.75) is 38.7 Å². The number of amides is 2. The first-order chi connectivity index (χ1) is 19.5. The number of nitrogens with one attached hydrogen (secondary N) is 3. The molecular weight excluding hydrogens is 513 g/mol. The van der Waals surface area contributed by atoms with Crippen molar-refractivity contribution >= 4 is 23.2 Å². The minimum Gasteiger partial charge on any atom is -0.493 e. The highest BCUT2D eigenvalue weighted by molar-refractivity contribution is 5.94. The summed E-state index contributed by atoms with van der Waals surface area (Å²) in [5.41, 5.74) is 3.52. The number of anilines is 2. The average molecular weight is 552 g/mol. The topological polar surface area (TPSA) is 97.9 Å². The highest BCUT2D eigenvalue weighted by Gasteiger charge is 2.08. The third-order valence-corrected chi connectivity index (χ3v) is 6.20. The van der Waals surface area contributed by atoms with Gasteiger partial charge in [0, 0.05) is 19.5 Å². The van der Waals surface area contributed by atoms with E-state index in [-0.39, 0.29) is 30.8 Å². The minimum atomic E-state index is -0.306. The van der Waals surface area contributed by atoms with Crippen LogP contribution < -0.4 is 25.4 Å². The first-order valence-corrected chi connectivity index (χ1v) is 13.4. The van der Waals surface area contributed by atoms with Gasteiger partial charge in [-0.1, -0.05) is 36.8 Å². The Morgan fingerprint density at radius 2 is 1.50 bits per heavy atom. The van der Waals surface area contributed by atoms with Gasteiger partial charge in [0.05, 0.1) is 32.2 Å². The zero-order valence-electron chi connectivity index (χ0n) is 23.1. The quantitative estimate of drug-likeness (QED) is 0.196. The van der Waals surface area contributed by atoms with Gasteiger partial charge >= 0.3 is 0 Å². The number of carbonyl (C=O) groups excluding carboxylic acids is 2. The van der Waals surface area contributed by atoms with Gasteiger partial charge in [-0.05, 0) is 66.8 Å². The number of hydrogen-bond donors (Lipinski definition) is 3. The molecule has 0 aliphatic heterocycles. The van der Waals surface area contributed by atoms with E-state index in [9.17, 15) is 14.0 Å². The van der Waals surface area contributed by atoms with Crippen LogP contribution in [0.3, 0.4) is 0 Å². The molecule has 9 heteroatoms. The lowest BCUT2D eigenvalue weighted by atomic mass is 10.1. The number of rotatable bonds is 17. The number of unbranched alkanes of at least 4 members (excludes halogenated alkanes) is 2. The van der Waals surface area contributed by atoms with E-state index >= 15 is 0 Å². The fourth-order valence-electron chi connectivity index (χ4n) is 4.05. The number of methoxy groups -OCH3 is 2. The number of hydrogen-bond acceptors (Lipinski definition) is 6. The molecule has 0 aliphatic rings. The molecule has 0 unspecified atom stereocenters. The van der Waals surface area contributed by atoms with Crippen LogP contribution in [0.2, 0.25) is 0 Å². The molecule has 2 amide bonds. The van der Waals surface area contributed by atoms with Crippen molar-refractivity contribution in [1.29, 1.82) is 0 Å². The van der Waals surface area contributed by atoms with E-state index in [0.29, 0.717) is 31.0 Å².